The number of esters is 1. The lowest BCUT2D eigenvalue weighted by atomic mass is 10.0. The summed E-state index contributed by atoms with van der Waals surface area (Å²) in [6.07, 6.45) is 1.72. The summed E-state index contributed by atoms with van der Waals surface area (Å²) in [5.41, 5.74) is 2.77. The van der Waals surface area contributed by atoms with Crippen molar-refractivity contribution in [2.24, 2.45) is 4.99 Å². The third kappa shape index (κ3) is 4.63. The minimum absolute atomic E-state index is 0.124. The van der Waals surface area contributed by atoms with Crippen LogP contribution in [0.2, 0.25) is 0 Å². The molecular formula is C26H24N2O5S. The zero-order valence-corrected chi connectivity index (χ0v) is 20.1. The van der Waals surface area contributed by atoms with E-state index in [9.17, 15) is 9.59 Å². The van der Waals surface area contributed by atoms with E-state index in [4.69, 9.17) is 13.9 Å². The van der Waals surface area contributed by atoms with Gasteiger partial charge in [-0.2, -0.15) is 0 Å². The van der Waals surface area contributed by atoms with Crippen molar-refractivity contribution >= 4 is 40.6 Å². The van der Waals surface area contributed by atoms with Gasteiger partial charge in [0.25, 0.3) is 5.91 Å². The Kier molecular flexibility index (Phi) is 6.88. The zero-order chi connectivity index (χ0) is 24.2. The summed E-state index contributed by atoms with van der Waals surface area (Å²) in [5.74, 6) is 1.36. The summed E-state index contributed by atoms with van der Waals surface area (Å²) in [4.78, 5) is 31.8. The van der Waals surface area contributed by atoms with E-state index in [1.165, 1.54) is 18.9 Å². The number of hydrogen-bond acceptors (Lipinski definition) is 7. The molecule has 34 heavy (non-hydrogen) atoms. The number of aliphatic imine (C=N–C) groups is 1. The number of thioether (sulfide) groups is 1. The molecule has 0 atom stereocenters. The average molecular weight is 477 g/mol. The number of amides is 1. The molecule has 1 aromatic heterocycles. The normalized spacial score (nSPS) is 15.9. The minimum atomic E-state index is -0.399. The molecule has 0 saturated carbocycles. The summed E-state index contributed by atoms with van der Waals surface area (Å²) in [7, 11) is 2.97. The third-order valence-corrected chi connectivity index (χ3v) is 6.41. The van der Waals surface area contributed by atoms with Gasteiger partial charge in [0, 0.05) is 18.2 Å². The lowest BCUT2D eigenvalue weighted by Gasteiger charge is -2.12. The highest BCUT2D eigenvalue weighted by atomic mass is 32.2. The lowest BCUT2D eigenvalue weighted by Crippen LogP contribution is -2.28. The third-order valence-electron chi connectivity index (χ3n) is 5.41. The number of hydrogen-bond donors (Lipinski definition) is 0. The van der Waals surface area contributed by atoms with Crippen molar-refractivity contribution in [1.29, 1.82) is 0 Å². The number of carbonyl (C=O) groups excluding carboxylic acids is 2. The number of amidine groups is 1. The number of nitrogens with zero attached hydrogens (tertiary/aromatic N) is 2. The van der Waals surface area contributed by atoms with Crippen LogP contribution in [-0.4, -0.2) is 42.7 Å². The van der Waals surface area contributed by atoms with Crippen LogP contribution in [-0.2, 0) is 9.53 Å². The van der Waals surface area contributed by atoms with E-state index in [0.29, 0.717) is 33.7 Å². The van der Waals surface area contributed by atoms with Gasteiger partial charge in [-0.25, -0.2) is 9.79 Å². The highest BCUT2D eigenvalue weighted by molar-refractivity contribution is 8.18. The van der Waals surface area contributed by atoms with Crippen LogP contribution in [0.15, 0.2) is 68.9 Å². The fraction of sp³-hybridized carbons (Fsp3) is 0.192. The number of benzene rings is 2. The Morgan fingerprint density at radius 2 is 1.88 bits per heavy atom. The molecule has 0 radical (unpaired) electrons. The molecule has 2 aromatic carbocycles. The Morgan fingerprint density at radius 3 is 2.56 bits per heavy atom. The molecule has 0 spiro atoms. The van der Waals surface area contributed by atoms with Gasteiger partial charge >= 0.3 is 5.97 Å². The van der Waals surface area contributed by atoms with Gasteiger partial charge in [0.05, 0.1) is 30.4 Å². The van der Waals surface area contributed by atoms with E-state index in [1.807, 2.05) is 50.2 Å². The first-order valence-corrected chi connectivity index (χ1v) is 11.5. The van der Waals surface area contributed by atoms with Crippen LogP contribution in [0.5, 0.6) is 5.75 Å². The van der Waals surface area contributed by atoms with Crippen LogP contribution in [0.1, 0.15) is 28.6 Å². The quantitative estimate of drug-likeness (QED) is 0.337. The fourth-order valence-electron chi connectivity index (χ4n) is 3.58. The van der Waals surface area contributed by atoms with E-state index in [1.54, 1.807) is 36.3 Å². The lowest BCUT2D eigenvalue weighted by molar-refractivity contribution is -0.122. The van der Waals surface area contributed by atoms with E-state index in [-0.39, 0.29) is 5.91 Å². The molecule has 1 amide bonds. The Bertz CT molecular complexity index is 1290. The fourth-order valence-corrected chi connectivity index (χ4v) is 4.62. The standard InChI is InChI=1S/C26H24N2O5S/c1-5-28-24(29)23(34-26(28)27-17-9-11-18(31-3)12-10-17)15-19-13-14-22(33-19)20-7-6-8-21(16(20)2)25(30)32-4/h6-15H,5H2,1-4H3/b23-15+,27-26?. The molecule has 1 aliphatic rings. The number of likely N-dealkylation sites (N-methyl/N-ethyl adjacent to an activating group) is 1. The van der Waals surface area contributed by atoms with Crippen molar-refractivity contribution in [3.05, 3.63) is 76.4 Å². The predicted molar refractivity (Wildman–Crippen MR) is 133 cm³/mol. The predicted octanol–water partition coefficient (Wildman–Crippen LogP) is 5.67. The Hall–Kier alpha value is -3.78. The molecule has 0 aliphatic carbocycles. The summed E-state index contributed by atoms with van der Waals surface area (Å²) in [5, 5.41) is 0.609. The average Bonchev–Trinajstić information content (AvgIpc) is 3.43. The first-order chi connectivity index (χ1) is 16.4. The molecule has 1 aliphatic heterocycles. The van der Waals surface area contributed by atoms with Gasteiger partial charge in [0.2, 0.25) is 0 Å². The topological polar surface area (TPSA) is 81.3 Å². The molecule has 4 rings (SSSR count). The number of carbonyl (C=O) groups is 2. The number of ether oxygens (including phenoxy) is 2. The van der Waals surface area contributed by atoms with E-state index in [2.05, 4.69) is 4.99 Å². The SMILES string of the molecule is CCN1C(=O)/C(=C\c2ccc(-c3cccc(C(=O)OC)c3C)o2)SC1=Nc1ccc(OC)cc1. The molecule has 0 bridgehead atoms. The van der Waals surface area contributed by atoms with Crippen molar-refractivity contribution < 1.29 is 23.5 Å². The van der Waals surface area contributed by atoms with Crippen LogP contribution in [0.25, 0.3) is 17.4 Å². The van der Waals surface area contributed by atoms with Crippen molar-refractivity contribution in [3.8, 4) is 17.1 Å². The number of rotatable bonds is 6. The van der Waals surface area contributed by atoms with Crippen LogP contribution in [0.4, 0.5) is 5.69 Å². The molecule has 1 saturated heterocycles. The van der Waals surface area contributed by atoms with Crippen molar-refractivity contribution in [2.45, 2.75) is 13.8 Å². The molecule has 2 heterocycles. The Labute approximate surface area is 202 Å². The molecule has 7 nitrogen and oxygen atoms in total. The van der Waals surface area contributed by atoms with Gasteiger partial charge in [-0.1, -0.05) is 12.1 Å². The van der Waals surface area contributed by atoms with Crippen LogP contribution < -0.4 is 4.74 Å². The van der Waals surface area contributed by atoms with Gasteiger partial charge in [0.15, 0.2) is 5.17 Å². The molecular weight excluding hydrogens is 452 g/mol. The van der Waals surface area contributed by atoms with Crippen LogP contribution in [0, 0.1) is 6.92 Å². The van der Waals surface area contributed by atoms with Crippen LogP contribution in [0.3, 0.4) is 0 Å². The minimum Gasteiger partial charge on any atom is -0.497 e. The van der Waals surface area contributed by atoms with E-state index >= 15 is 0 Å². The molecule has 0 unspecified atom stereocenters. The summed E-state index contributed by atoms with van der Waals surface area (Å²) in [6, 6.07) is 16.3. The molecule has 8 heteroatoms. The van der Waals surface area contributed by atoms with E-state index in [0.717, 1.165) is 22.6 Å². The molecule has 174 valence electrons. The highest BCUT2D eigenvalue weighted by Gasteiger charge is 2.32. The maximum atomic E-state index is 13.0. The number of furan rings is 1. The zero-order valence-electron chi connectivity index (χ0n) is 19.3. The van der Waals surface area contributed by atoms with Gasteiger partial charge < -0.3 is 13.9 Å². The maximum absolute atomic E-state index is 13.0. The first-order valence-electron chi connectivity index (χ1n) is 10.7. The summed E-state index contributed by atoms with van der Waals surface area (Å²) < 4.78 is 16.1. The summed E-state index contributed by atoms with van der Waals surface area (Å²) in [6.45, 7) is 4.26. The second-order valence-electron chi connectivity index (χ2n) is 7.42. The van der Waals surface area contributed by atoms with E-state index < -0.39 is 5.97 Å². The largest absolute Gasteiger partial charge is 0.497 e. The van der Waals surface area contributed by atoms with Crippen LogP contribution >= 0.6 is 11.8 Å². The maximum Gasteiger partial charge on any atom is 0.338 e. The van der Waals surface area contributed by atoms with Crippen molar-refractivity contribution in [2.75, 3.05) is 20.8 Å². The van der Waals surface area contributed by atoms with Gasteiger partial charge in [0.1, 0.15) is 17.3 Å². The Morgan fingerprint density at radius 1 is 1.12 bits per heavy atom. The van der Waals surface area contributed by atoms with Crippen molar-refractivity contribution in [1.82, 2.24) is 4.90 Å². The summed E-state index contributed by atoms with van der Waals surface area (Å²) >= 11 is 1.30. The smallest absolute Gasteiger partial charge is 0.338 e. The molecule has 3 aromatic rings. The highest BCUT2D eigenvalue weighted by Crippen LogP contribution is 2.35. The second-order valence-corrected chi connectivity index (χ2v) is 8.43. The molecule has 0 N–H and O–H groups in total. The number of methoxy groups -OCH3 is 2. The Balaban J connectivity index is 1.61. The van der Waals surface area contributed by atoms with Crippen molar-refractivity contribution in [3.63, 3.8) is 0 Å². The molecule has 1 fully saturated rings. The first kappa shape index (κ1) is 23.4. The second kappa shape index (κ2) is 10.0. The van der Waals surface area contributed by atoms with Gasteiger partial charge in [-0.05, 0) is 73.6 Å². The van der Waals surface area contributed by atoms with Gasteiger partial charge in [-0.15, -0.1) is 0 Å². The monoisotopic (exact) mass is 476 g/mol. The van der Waals surface area contributed by atoms with Gasteiger partial charge in [-0.3, -0.25) is 9.69 Å².